The number of rotatable bonds is 3. The summed E-state index contributed by atoms with van der Waals surface area (Å²) in [5.74, 6) is -0.437. The van der Waals surface area contributed by atoms with Crippen LogP contribution in [0.5, 0.6) is 0 Å². The highest BCUT2D eigenvalue weighted by molar-refractivity contribution is 9.10. The smallest absolute Gasteiger partial charge is 0.271 e. The Morgan fingerprint density at radius 2 is 1.90 bits per heavy atom. The average Bonchev–Trinajstić information content (AvgIpc) is 2.76. The van der Waals surface area contributed by atoms with E-state index in [0.717, 1.165) is 0 Å². The molecule has 1 heterocycles. The maximum Gasteiger partial charge on any atom is 0.432 e. The van der Waals surface area contributed by atoms with Gasteiger partial charge in [0.05, 0.1) is 0 Å². The Morgan fingerprint density at radius 1 is 1.25 bits per heavy atom. The molecule has 0 amide bonds. The fourth-order valence-corrected chi connectivity index (χ4v) is 3.37. The third-order valence-corrected chi connectivity index (χ3v) is 4.62. The molecule has 20 heavy (non-hydrogen) atoms. The van der Waals surface area contributed by atoms with E-state index in [0.29, 0.717) is 10.5 Å². The molecule has 0 fully saturated rings. The van der Waals surface area contributed by atoms with Gasteiger partial charge in [0.15, 0.2) is 5.82 Å². The van der Waals surface area contributed by atoms with Crippen molar-refractivity contribution in [2.24, 2.45) is 0 Å². The van der Waals surface area contributed by atoms with E-state index in [2.05, 4.69) is 21.0 Å². The van der Waals surface area contributed by atoms with Gasteiger partial charge in [-0.05, 0) is 28.1 Å². The van der Waals surface area contributed by atoms with Gasteiger partial charge in [0, 0.05) is 10.5 Å². The summed E-state index contributed by atoms with van der Waals surface area (Å²) in [5.41, 5.74) is -1.14. The van der Waals surface area contributed by atoms with Gasteiger partial charge in [-0.2, -0.15) is 18.3 Å². The van der Waals surface area contributed by atoms with E-state index in [1.807, 2.05) is 4.72 Å². The Morgan fingerprint density at radius 3 is 2.45 bits per heavy atom. The van der Waals surface area contributed by atoms with Gasteiger partial charge < -0.3 is 0 Å². The zero-order valence-corrected chi connectivity index (χ0v) is 12.0. The lowest BCUT2D eigenvalue weighted by molar-refractivity contribution is -0.141. The summed E-state index contributed by atoms with van der Waals surface area (Å²) in [7, 11) is -4.02. The van der Waals surface area contributed by atoms with Crippen LogP contribution in [0.15, 0.2) is 39.7 Å². The van der Waals surface area contributed by atoms with Crippen LogP contribution in [0.2, 0.25) is 0 Å². The number of hydrogen-bond donors (Lipinski definition) is 2. The number of aromatic nitrogens is 2. The molecule has 5 nitrogen and oxygen atoms in total. The van der Waals surface area contributed by atoms with E-state index < -0.39 is 27.7 Å². The van der Waals surface area contributed by atoms with Crippen LogP contribution in [-0.2, 0) is 16.2 Å². The fourth-order valence-electron chi connectivity index (χ4n) is 1.37. The summed E-state index contributed by atoms with van der Waals surface area (Å²) >= 11 is 3.06. The highest BCUT2D eigenvalue weighted by Crippen LogP contribution is 2.29. The first-order valence-electron chi connectivity index (χ1n) is 5.10. The first-order chi connectivity index (χ1) is 9.20. The van der Waals surface area contributed by atoms with Crippen molar-refractivity contribution in [3.05, 3.63) is 40.5 Å². The number of aromatic amines is 1. The number of nitrogens with one attached hydrogen (secondary N) is 2. The van der Waals surface area contributed by atoms with Crippen LogP contribution in [0.1, 0.15) is 5.69 Å². The lowest BCUT2D eigenvalue weighted by atomic mass is 10.4. The van der Waals surface area contributed by atoms with Gasteiger partial charge in [-0.15, -0.1) is 0 Å². The Labute approximate surface area is 120 Å². The second kappa shape index (κ2) is 5.09. The van der Waals surface area contributed by atoms with E-state index in [-0.39, 0.29) is 4.90 Å². The molecule has 2 aromatic rings. The predicted molar refractivity (Wildman–Crippen MR) is 68.5 cm³/mol. The standard InChI is InChI=1S/C10H7BrF3N3O2S/c11-6-3-1-2-4-7(6)20(18,19)17-9-5-8(15-16-9)10(12,13)14/h1-5H,(H2,15,16,17). The monoisotopic (exact) mass is 369 g/mol. The molecule has 108 valence electrons. The Kier molecular flexibility index (Phi) is 3.78. The highest BCUT2D eigenvalue weighted by Gasteiger charge is 2.33. The molecule has 0 aliphatic rings. The molecular formula is C10H7BrF3N3O2S. The number of halogens is 4. The average molecular weight is 370 g/mol. The minimum Gasteiger partial charge on any atom is -0.271 e. The van der Waals surface area contributed by atoms with Crippen molar-refractivity contribution >= 4 is 31.8 Å². The van der Waals surface area contributed by atoms with E-state index in [1.165, 1.54) is 18.2 Å². The number of hydrogen-bond acceptors (Lipinski definition) is 3. The van der Waals surface area contributed by atoms with Crippen molar-refractivity contribution in [3.8, 4) is 0 Å². The summed E-state index contributed by atoms with van der Waals surface area (Å²) in [4.78, 5) is -0.100. The van der Waals surface area contributed by atoms with Gasteiger partial charge in [0.2, 0.25) is 0 Å². The molecule has 1 aromatic heterocycles. The molecule has 0 radical (unpaired) electrons. The fraction of sp³-hybridized carbons (Fsp3) is 0.100. The SMILES string of the molecule is O=S(=O)(Nc1cc(C(F)(F)F)[nH]n1)c1ccccc1Br. The van der Waals surface area contributed by atoms with E-state index >= 15 is 0 Å². The molecule has 1 aromatic carbocycles. The normalized spacial score (nSPS) is 12.4. The number of benzene rings is 1. The van der Waals surface area contributed by atoms with E-state index in [1.54, 1.807) is 11.2 Å². The van der Waals surface area contributed by atoms with Crippen molar-refractivity contribution in [1.29, 1.82) is 0 Å². The molecule has 0 aliphatic heterocycles. The lowest BCUT2D eigenvalue weighted by Gasteiger charge is -2.06. The lowest BCUT2D eigenvalue weighted by Crippen LogP contribution is -2.13. The maximum absolute atomic E-state index is 12.4. The first-order valence-corrected chi connectivity index (χ1v) is 7.38. The zero-order valence-electron chi connectivity index (χ0n) is 9.57. The van der Waals surface area contributed by atoms with Crippen molar-refractivity contribution in [2.75, 3.05) is 4.72 Å². The predicted octanol–water partition coefficient (Wildman–Crippen LogP) is 2.99. The second-order valence-corrected chi connectivity index (χ2v) is 6.21. The number of sulfonamides is 1. The van der Waals surface area contributed by atoms with Gasteiger partial charge in [-0.25, -0.2) is 8.42 Å². The summed E-state index contributed by atoms with van der Waals surface area (Å²) in [6, 6.07) is 6.49. The van der Waals surface area contributed by atoms with Gasteiger partial charge in [0.1, 0.15) is 10.6 Å². The minimum atomic E-state index is -4.62. The van der Waals surface area contributed by atoms with E-state index in [4.69, 9.17) is 0 Å². The molecule has 10 heteroatoms. The van der Waals surface area contributed by atoms with Gasteiger partial charge in [-0.1, -0.05) is 12.1 Å². The number of anilines is 1. The first kappa shape index (κ1) is 14.9. The molecule has 0 saturated heterocycles. The molecule has 0 bridgehead atoms. The molecule has 2 N–H and O–H groups in total. The summed E-state index contributed by atoms with van der Waals surface area (Å²) in [5, 5.41) is 4.99. The van der Waals surface area contributed by atoms with Crippen molar-refractivity contribution < 1.29 is 21.6 Å². The summed E-state index contributed by atoms with van der Waals surface area (Å²) in [6.45, 7) is 0. The maximum atomic E-state index is 12.4. The molecule has 0 aliphatic carbocycles. The topological polar surface area (TPSA) is 74.8 Å². The van der Waals surface area contributed by atoms with Crippen LogP contribution >= 0.6 is 15.9 Å². The molecule has 2 rings (SSSR count). The van der Waals surface area contributed by atoms with Gasteiger partial charge in [-0.3, -0.25) is 9.82 Å². The van der Waals surface area contributed by atoms with Crippen molar-refractivity contribution in [2.45, 2.75) is 11.1 Å². The van der Waals surface area contributed by atoms with Crippen LogP contribution in [0.3, 0.4) is 0 Å². The number of alkyl halides is 3. The van der Waals surface area contributed by atoms with Crippen LogP contribution < -0.4 is 4.72 Å². The summed E-state index contributed by atoms with van der Waals surface area (Å²) < 4.78 is 63.4. The van der Waals surface area contributed by atoms with Crippen LogP contribution in [0.4, 0.5) is 19.0 Å². The highest BCUT2D eigenvalue weighted by atomic mass is 79.9. The molecule has 0 spiro atoms. The Bertz CT molecular complexity index is 727. The van der Waals surface area contributed by atoms with Crippen LogP contribution in [0, 0.1) is 0 Å². The molecule has 0 saturated carbocycles. The quantitative estimate of drug-likeness (QED) is 0.873. The third kappa shape index (κ3) is 3.12. The van der Waals surface area contributed by atoms with E-state index in [9.17, 15) is 21.6 Å². The van der Waals surface area contributed by atoms with Crippen LogP contribution in [0.25, 0.3) is 0 Å². The molecular weight excluding hydrogens is 363 g/mol. The largest absolute Gasteiger partial charge is 0.432 e. The summed E-state index contributed by atoms with van der Waals surface area (Å²) in [6.07, 6.45) is -4.62. The number of H-pyrrole nitrogens is 1. The Hall–Kier alpha value is -1.55. The van der Waals surface area contributed by atoms with Crippen LogP contribution in [-0.4, -0.2) is 18.6 Å². The van der Waals surface area contributed by atoms with Gasteiger partial charge in [0.25, 0.3) is 10.0 Å². The minimum absolute atomic E-state index is 0.100. The van der Waals surface area contributed by atoms with Crippen molar-refractivity contribution in [1.82, 2.24) is 10.2 Å². The molecule has 0 unspecified atom stereocenters. The second-order valence-electron chi connectivity index (χ2n) is 3.70. The van der Waals surface area contributed by atoms with Crippen molar-refractivity contribution in [3.63, 3.8) is 0 Å². The molecule has 0 atom stereocenters. The van der Waals surface area contributed by atoms with Gasteiger partial charge >= 0.3 is 6.18 Å². The zero-order chi connectivity index (χ0) is 15.0. The Balaban J connectivity index is 2.30. The number of nitrogens with zero attached hydrogens (tertiary/aromatic N) is 1. The third-order valence-electron chi connectivity index (χ3n) is 2.25.